The van der Waals surface area contributed by atoms with E-state index in [4.69, 9.17) is 39.8 Å². The molecular formula is C38H31Cl3N6O4S2. The zero-order chi connectivity index (χ0) is 37.4. The fraction of sp³-hybridized carbons (Fsp3) is 0.132. The number of nitrogens with one attached hydrogen (secondary N) is 2. The largest absolute Gasteiger partial charge is 0.378 e. The number of thioether (sulfide) groups is 1. The van der Waals surface area contributed by atoms with Crippen molar-refractivity contribution in [2.45, 2.75) is 16.7 Å². The van der Waals surface area contributed by atoms with Crippen molar-refractivity contribution < 1.29 is 13.2 Å². The van der Waals surface area contributed by atoms with Gasteiger partial charge in [0.25, 0.3) is 15.6 Å². The average Bonchev–Trinajstić information content (AvgIpc) is 3.53. The first-order valence-corrected chi connectivity index (χ1v) is 19.9. The number of rotatable bonds is 10. The summed E-state index contributed by atoms with van der Waals surface area (Å²) in [5.41, 5.74) is 3.99. The van der Waals surface area contributed by atoms with Crippen molar-refractivity contribution in [1.82, 2.24) is 9.66 Å². The number of sulfonamides is 1. The quantitative estimate of drug-likeness (QED) is 0.142. The third-order valence-corrected chi connectivity index (χ3v) is 12.1. The number of carbonyl (C=O) groups is 1. The molecule has 1 aromatic heterocycles. The molecule has 1 aliphatic heterocycles. The molecule has 10 nitrogen and oxygen atoms in total. The lowest BCUT2D eigenvalue weighted by Gasteiger charge is -2.25. The highest BCUT2D eigenvalue weighted by molar-refractivity contribution is 8.00. The van der Waals surface area contributed by atoms with Crippen LogP contribution in [0.3, 0.4) is 0 Å². The van der Waals surface area contributed by atoms with Gasteiger partial charge in [-0.15, -0.1) is 11.8 Å². The van der Waals surface area contributed by atoms with Crippen LogP contribution in [0.4, 0.5) is 22.7 Å². The minimum atomic E-state index is -4.35. The summed E-state index contributed by atoms with van der Waals surface area (Å²) in [6, 6.07) is 31.0. The number of aromatic nitrogens is 2. The van der Waals surface area contributed by atoms with Crippen molar-refractivity contribution >= 4 is 96.1 Å². The minimum absolute atomic E-state index is 0.0239. The Bertz CT molecular complexity index is 2510. The van der Waals surface area contributed by atoms with E-state index in [0.29, 0.717) is 43.2 Å². The fourth-order valence-electron chi connectivity index (χ4n) is 5.98. The van der Waals surface area contributed by atoms with Crippen molar-refractivity contribution in [3.05, 3.63) is 152 Å². The summed E-state index contributed by atoms with van der Waals surface area (Å²) in [7, 11) is -0.429. The first-order valence-electron chi connectivity index (χ1n) is 16.2. The predicted octanol–water partition coefficient (Wildman–Crippen LogP) is 8.47. The highest BCUT2D eigenvalue weighted by atomic mass is 35.5. The Morgan fingerprint density at radius 1 is 0.868 bits per heavy atom. The third kappa shape index (κ3) is 7.55. The van der Waals surface area contributed by atoms with Gasteiger partial charge in [0.1, 0.15) is 11.2 Å². The van der Waals surface area contributed by atoms with Gasteiger partial charge in [-0.3, -0.25) is 14.5 Å². The summed E-state index contributed by atoms with van der Waals surface area (Å²) >= 11 is 20.6. The van der Waals surface area contributed by atoms with Gasteiger partial charge in [-0.1, -0.05) is 71.2 Å². The average molecular weight is 806 g/mol. The van der Waals surface area contributed by atoms with Gasteiger partial charge in [-0.25, -0.2) is 9.82 Å². The Morgan fingerprint density at radius 3 is 2.26 bits per heavy atom. The Balaban J connectivity index is 1.22. The zero-order valence-electron chi connectivity index (χ0n) is 28.3. The molecule has 15 heteroatoms. The summed E-state index contributed by atoms with van der Waals surface area (Å²) < 4.78 is 28.8. The Morgan fingerprint density at radius 2 is 1.57 bits per heavy atom. The van der Waals surface area contributed by atoms with Crippen LogP contribution in [0, 0.1) is 0 Å². The van der Waals surface area contributed by atoms with Crippen molar-refractivity contribution in [3.63, 3.8) is 0 Å². The van der Waals surface area contributed by atoms with Crippen LogP contribution in [0.15, 0.2) is 119 Å². The molecule has 1 amide bonds. The van der Waals surface area contributed by atoms with E-state index in [1.165, 1.54) is 30.0 Å². The lowest BCUT2D eigenvalue weighted by Crippen LogP contribution is -2.36. The van der Waals surface area contributed by atoms with Crippen LogP contribution in [0.1, 0.15) is 22.3 Å². The van der Waals surface area contributed by atoms with Crippen LogP contribution in [-0.4, -0.2) is 43.8 Å². The van der Waals surface area contributed by atoms with Crippen molar-refractivity contribution in [3.8, 4) is 0 Å². The molecule has 0 radical (unpaired) electrons. The number of benzene rings is 5. The molecule has 0 bridgehead atoms. The molecule has 1 saturated heterocycles. The number of carbonyl (C=O) groups excluding carboxylic acids is 1. The van der Waals surface area contributed by atoms with E-state index < -0.39 is 15.6 Å². The van der Waals surface area contributed by atoms with Gasteiger partial charge in [0.2, 0.25) is 5.91 Å². The molecule has 270 valence electrons. The number of amides is 1. The van der Waals surface area contributed by atoms with Gasteiger partial charge in [0.05, 0.1) is 37.3 Å². The van der Waals surface area contributed by atoms with Crippen molar-refractivity contribution in [1.29, 1.82) is 0 Å². The molecule has 6 aromatic rings. The molecule has 53 heavy (non-hydrogen) atoms. The lowest BCUT2D eigenvalue weighted by molar-refractivity contribution is -0.115. The minimum Gasteiger partial charge on any atom is -0.378 e. The first kappa shape index (κ1) is 36.6. The first-order chi connectivity index (χ1) is 25.4. The Kier molecular flexibility index (Phi) is 10.3. The summed E-state index contributed by atoms with van der Waals surface area (Å²) in [6.45, 7) is 0. The van der Waals surface area contributed by atoms with E-state index in [2.05, 4.69) is 10.1 Å². The van der Waals surface area contributed by atoms with Crippen LogP contribution >= 0.6 is 46.6 Å². The molecule has 2 N–H and O–H groups in total. The number of anilines is 4. The van der Waals surface area contributed by atoms with E-state index in [9.17, 15) is 18.0 Å². The summed E-state index contributed by atoms with van der Waals surface area (Å²) in [5, 5.41) is 4.34. The van der Waals surface area contributed by atoms with E-state index in [1.807, 2.05) is 67.5 Å². The highest BCUT2D eigenvalue weighted by Crippen LogP contribution is 2.42. The van der Waals surface area contributed by atoms with Gasteiger partial charge in [0, 0.05) is 42.6 Å². The standard InChI is InChI=1S/C38H31Cl3N6O4S2/c1-45(2)26-13-10-23(11-14-26)38-46(35(48)22-52-38)27-15-17-28(18-16-27)53(50,51)44-47-34(42-33-21-25(39)12-19-29(33)37(47)49)20-24-6-3-4-9-32(24)43-36-30(40)7-5-8-31(36)41/h3-19,21,38,43-44H,20,22H2,1-2H3. The van der Waals surface area contributed by atoms with Crippen LogP contribution < -0.4 is 25.5 Å². The van der Waals surface area contributed by atoms with Gasteiger partial charge in [-0.05, 0) is 83.9 Å². The van der Waals surface area contributed by atoms with Gasteiger partial charge < -0.3 is 10.2 Å². The number of para-hydroxylation sites is 2. The van der Waals surface area contributed by atoms with E-state index in [1.54, 1.807) is 47.4 Å². The SMILES string of the molecule is CN(C)c1ccc(C2SCC(=O)N2c2ccc(S(=O)(=O)Nn3c(Cc4ccccc4Nc4c(Cl)cccc4Cl)nc4cc(Cl)ccc4c3=O)cc2)cc1. The number of fused-ring (bicyclic) bond motifs is 1. The smallest absolute Gasteiger partial charge is 0.280 e. The normalized spacial score (nSPS) is 14.5. The summed E-state index contributed by atoms with van der Waals surface area (Å²) in [4.78, 5) is 37.8. The van der Waals surface area contributed by atoms with Crippen LogP contribution in [0.25, 0.3) is 10.9 Å². The predicted molar refractivity (Wildman–Crippen MR) is 216 cm³/mol. The Labute approximate surface area is 325 Å². The molecule has 1 aliphatic rings. The second kappa shape index (κ2) is 15.0. The summed E-state index contributed by atoms with van der Waals surface area (Å²) in [6.07, 6.45) is 0.0239. The molecule has 5 aromatic carbocycles. The molecule has 1 fully saturated rings. The summed E-state index contributed by atoms with van der Waals surface area (Å²) in [5.74, 6) is 0.306. The second-order valence-corrected chi connectivity index (χ2v) is 16.4. The maximum atomic E-state index is 14.0. The van der Waals surface area contributed by atoms with Gasteiger partial charge in [0.15, 0.2) is 0 Å². The molecule has 7 rings (SSSR count). The van der Waals surface area contributed by atoms with E-state index in [0.717, 1.165) is 15.9 Å². The fourth-order valence-corrected chi connectivity index (χ4v) is 8.85. The second-order valence-electron chi connectivity index (χ2n) is 12.4. The van der Waals surface area contributed by atoms with Crippen molar-refractivity contribution in [2.75, 3.05) is 39.8 Å². The molecular weight excluding hydrogens is 775 g/mol. The molecule has 0 saturated carbocycles. The molecule has 1 unspecified atom stereocenters. The monoisotopic (exact) mass is 804 g/mol. The Hall–Kier alpha value is -4.72. The maximum Gasteiger partial charge on any atom is 0.280 e. The number of nitrogens with zero attached hydrogens (tertiary/aromatic N) is 4. The molecule has 0 spiro atoms. The lowest BCUT2D eigenvalue weighted by atomic mass is 10.1. The van der Waals surface area contributed by atoms with Crippen LogP contribution in [0.2, 0.25) is 15.1 Å². The molecule has 2 heterocycles. The number of hydrogen-bond acceptors (Lipinski definition) is 8. The highest BCUT2D eigenvalue weighted by Gasteiger charge is 2.34. The van der Waals surface area contributed by atoms with E-state index >= 15 is 0 Å². The third-order valence-electron chi connectivity index (χ3n) is 8.69. The van der Waals surface area contributed by atoms with Crippen molar-refractivity contribution in [2.24, 2.45) is 0 Å². The van der Waals surface area contributed by atoms with Gasteiger partial charge >= 0.3 is 0 Å². The van der Waals surface area contributed by atoms with Crippen LogP contribution in [0.5, 0.6) is 0 Å². The molecule has 1 atom stereocenters. The zero-order valence-corrected chi connectivity index (χ0v) is 32.2. The van der Waals surface area contributed by atoms with E-state index in [-0.39, 0.29) is 39.6 Å². The number of halogens is 3. The maximum absolute atomic E-state index is 14.0. The topological polar surface area (TPSA) is 117 Å². The van der Waals surface area contributed by atoms with Gasteiger partial charge in [-0.2, -0.15) is 13.1 Å². The molecule has 0 aliphatic carbocycles. The van der Waals surface area contributed by atoms with Crippen LogP contribution in [-0.2, 0) is 21.2 Å². The number of hydrogen-bond donors (Lipinski definition) is 2.